The Bertz CT molecular complexity index is 4770. The first-order valence-corrected chi connectivity index (χ1v) is 29.4. The van der Waals surface area contributed by atoms with Crippen LogP contribution in [0.4, 0.5) is 0 Å². The maximum atomic E-state index is 8.70. The third kappa shape index (κ3) is 9.16. The quantitative estimate of drug-likeness (QED) is 0.0560. The summed E-state index contributed by atoms with van der Waals surface area (Å²) >= 11 is 0. The topological polar surface area (TPSA) is 35.9 Å². The van der Waals surface area contributed by atoms with Crippen LogP contribution in [0.5, 0.6) is 11.5 Å². The highest BCUT2D eigenvalue weighted by atomic mass is 28.3. The lowest BCUT2D eigenvalue weighted by Gasteiger charge is -2.35. The first-order valence-electron chi connectivity index (χ1n) is 31.4. The molecule has 0 saturated carbocycles. The highest BCUT2D eigenvalue weighted by Gasteiger charge is 2.42. The zero-order valence-electron chi connectivity index (χ0n) is 54.1. The van der Waals surface area contributed by atoms with Crippen LogP contribution in [0.2, 0.25) is 0 Å². The summed E-state index contributed by atoms with van der Waals surface area (Å²) in [6.07, 6.45) is 5.21. The number of benzene rings is 10. The van der Waals surface area contributed by atoms with Crippen molar-refractivity contribution in [2.24, 2.45) is 0 Å². The molecule has 0 aliphatic rings. The average molecular weight is 1070 g/mol. The monoisotopic (exact) mass is 1070 g/mol. The van der Waals surface area contributed by atoms with Gasteiger partial charge >= 0.3 is 0 Å². The van der Waals surface area contributed by atoms with Crippen molar-refractivity contribution in [3.63, 3.8) is 0 Å². The van der Waals surface area contributed by atoms with Crippen LogP contribution in [0.1, 0.15) is 69.2 Å². The Balaban J connectivity index is 0.947. The maximum absolute atomic E-state index is 8.70. The largest absolute Gasteiger partial charge is 0.458 e. The Morgan fingerprint density at radius 3 is 1.81 bits per heavy atom. The van der Waals surface area contributed by atoms with Crippen LogP contribution in [0, 0.1) is 13.2 Å². The molecule has 0 radical (unpaired) electrons. The minimum atomic E-state index is -2.93. The Hall–Kier alpha value is -9.36. The van der Waals surface area contributed by atoms with E-state index in [2.05, 4.69) is 215 Å². The van der Waals surface area contributed by atoms with Gasteiger partial charge in [0.2, 0.25) is 0 Å². The SMILES string of the molecule is [2H]c1c([2H])c([2H])c(-c2cnc(-n3c4ccccc4c4ccc(Oc5cccc(-n6[c-][n+](-c7c(-c8cccc([Si](c9ccccc9)(c9ccccc9)c9ccccc9)c8)cc(C(C)(C)C)cc7C(C)(C)C)c7ccccc76)c5)cc43)cc2C([2H])([2H])[2H])c([2H])c1[2H]. The van der Waals surface area contributed by atoms with Gasteiger partial charge in [-0.2, -0.15) is 0 Å². The second kappa shape index (κ2) is 20.4. The Morgan fingerprint density at radius 1 is 0.519 bits per heavy atom. The fourth-order valence-electron chi connectivity index (χ4n) is 11.7. The fraction of sp³-hybridized carbons (Fsp3) is 0.120. The number of pyridine rings is 1. The van der Waals surface area contributed by atoms with Crippen LogP contribution in [0.25, 0.3) is 72.3 Å². The van der Waals surface area contributed by atoms with Gasteiger partial charge in [0.15, 0.2) is 8.07 Å². The van der Waals surface area contributed by atoms with Crippen molar-refractivity contribution in [2.75, 3.05) is 0 Å². The lowest BCUT2D eigenvalue weighted by atomic mass is 9.77. The van der Waals surface area contributed by atoms with Gasteiger partial charge in [0.05, 0.1) is 40.3 Å². The van der Waals surface area contributed by atoms with Crippen molar-refractivity contribution >= 4 is 61.7 Å². The number of hydrogen-bond acceptors (Lipinski definition) is 2. The lowest BCUT2D eigenvalue weighted by molar-refractivity contribution is -0.572. The maximum Gasteiger partial charge on any atom is 0.269 e. The van der Waals surface area contributed by atoms with Crippen molar-refractivity contribution in [3.05, 3.63) is 284 Å². The van der Waals surface area contributed by atoms with E-state index in [1.807, 2.05) is 65.2 Å². The third-order valence-corrected chi connectivity index (χ3v) is 20.4. The second-order valence-corrected chi connectivity index (χ2v) is 26.6. The molecule has 13 aromatic rings. The molecule has 394 valence electrons. The van der Waals surface area contributed by atoms with Gasteiger partial charge in [0.1, 0.15) is 17.3 Å². The van der Waals surface area contributed by atoms with E-state index in [9.17, 15) is 0 Å². The third-order valence-electron chi connectivity index (χ3n) is 15.6. The van der Waals surface area contributed by atoms with Crippen LogP contribution in [0.15, 0.2) is 261 Å². The van der Waals surface area contributed by atoms with Gasteiger partial charge < -0.3 is 4.74 Å². The second-order valence-electron chi connectivity index (χ2n) is 22.8. The number of para-hydroxylation sites is 3. The highest BCUT2D eigenvalue weighted by Crippen LogP contribution is 2.40. The number of aromatic nitrogens is 4. The van der Waals surface area contributed by atoms with E-state index in [1.54, 1.807) is 0 Å². The van der Waals surface area contributed by atoms with Crippen LogP contribution >= 0.6 is 0 Å². The van der Waals surface area contributed by atoms with Crippen molar-refractivity contribution in [2.45, 2.75) is 59.2 Å². The molecule has 10 aromatic carbocycles. The summed E-state index contributed by atoms with van der Waals surface area (Å²) in [6, 6.07) is 75.9. The molecule has 0 bridgehead atoms. The minimum Gasteiger partial charge on any atom is -0.458 e. The van der Waals surface area contributed by atoms with E-state index in [4.69, 9.17) is 20.7 Å². The van der Waals surface area contributed by atoms with E-state index in [-0.39, 0.29) is 33.3 Å². The average Bonchev–Trinajstić information content (AvgIpc) is 1.69. The molecule has 81 heavy (non-hydrogen) atoms. The van der Waals surface area contributed by atoms with Crippen LogP contribution in [0.3, 0.4) is 0 Å². The number of rotatable bonds is 11. The summed E-state index contributed by atoms with van der Waals surface area (Å²) in [6.45, 7) is 11.0. The van der Waals surface area contributed by atoms with Gasteiger partial charge in [-0.3, -0.25) is 13.7 Å². The summed E-state index contributed by atoms with van der Waals surface area (Å²) in [5, 5.41) is 6.95. The molecule has 3 aromatic heterocycles. The molecule has 0 fully saturated rings. The molecule has 6 heteroatoms. The predicted octanol–water partition coefficient (Wildman–Crippen LogP) is 15.6. The van der Waals surface area contributed by atoms with Gasteiger partial charge in [-0.25, -0.2) is 4.98 Å². The number of nitrogens with zero attached hydrogens (tertiary/aromatic N) is 4. The van der Waals surface area contributed by atoms with Crippen LogP contribution in [-0.4, -0.2) is 22.2 Å². The van der Waals surface area contributed by atoms with E-state index >= 15 is 0 Å². The molecule has 5 nitrogen and oxygen atoms in total. The molecule has 0 unspecified atom stereocenters. The van der Waals surface area contributed by atoms with Crippen LogP contribution < -0.4 is 30.1 Å². The Kier molecular flexibility index (Phi) is 10.7. The predicted molar refractivity (Wildman–Crippen MR) is 339 cm³/mol. The normalized spacial score (nSPS) is 13.7. The molecule has 0 atom stereocenters. The van der Waals surface area contributed by atoms with Crippen molar-refractivity contribution in [1.82, 2.24) is 14.1 Å². The summed E-state index contributed by atoms with van der Waals surface area (Å²) in [5.74, 6) is 1.35. The summed E-state index contributed by atoms with van der Waals surface area (Å²) in [4.78, 5) is 4.78. The lowest BCUT2D eigenvalue weighted by Crippen LogP contribution is -2.74. The number of aryl methyl sites for hydroxylation is 1. The molecule has 0 spiro atoms. The van der Waals surface area contributed by atoms with Gasteiger partial charge in [0.25, 0.3) is 6.33 Å². The molecule has 13 rings (SSSR count). The zero-order chi connectivity index (χ0) is 62.3. The Labute approximate surface area is 487 Å². The number of fused-ring (bicyclic) bond motifs is 4. The van der Waals surface area contributed by atoms with E-state index in [1.165, 1.54) is 44.1 Å². The fourth-order valence-corrected chi connectivity index (χ4v) is 16.5. The molecule has 0 amide bonds. The standard InChI is InChI=1S/C75H64N4OSi/c1-52-44-72(76-50-66(52)53-26-12-8-13-27-53)79-68-39-21-20-38-63(68)64-43-42-58(49-71(64)79)80-57-30-25-29-56(48-57)77-51-78(70-41-23-22-40-69(70)77)73-65(46-55(74(2,3)4)47-67(73)75(5,6)7)54-28-24-37-62(45-54)81(59-31-14-9-15-32-59,60-33-16-10-17-34-60)61-35-18-11-19-36-61/h8-50H,1-7H3/i1D3,8D,12D,13D,26D,27D. The van der Waals surface area contributed by atoms with E-state index in [0.29, 0.717) is 17.0 Å². The van der Waals surface area contributed by atoms with Gasteiger partial charge in [-0.15, -0.1) is 0 Å². The molecule has 0 N–H and O–H groups in total. The number of hydrogen-bond donors (Lipinski definition) is 0. The first kappa shape index (κ1) is 42.6. The van der Waals surface area contributed by atoms with E-state index < -0.39 is 45.1 Å². The first-order chi connectivity index (χ1) is 42.6. The highest BCUT2D eigenvalue weighted by molar-refractivity contribution is 7.19. The number of imidazole rings is 1. The smallest absolute Gasteiger partial charge is 0.269 e. The molecular formula is C75H64N4OSi. The zero-order valence-corrected chi connectivity index (χ0v) is 47.1. The molecule has 0 aliphatic carbocycles. The minimum absolute atomic E-state index is 0.0675. The Morgan fingerprint density at radius 2 is 1.14 bits per heavy atom. The molecule has 0 aliphatic heterocycles. The van der Waals surface area contributed by atoms with Crippen molar-refractivity contribution < 1.29 is 20.3 Å². The van der Waals surface area contributed by atoms with Gasteiger partial charge in [-0.1, -0.05) is 248 Å². The van der Waals surface area contributed by atoms with E-state index in [0.717, 1.165) is 49.8 Å². The van der Waals surface area contributed by atoms with Gasteiger partial charge in [-0.05, 0) is 114 Å². The summed E-state index contributed by atoms with van der Waals surface area (Å²) in [7, 11) is -2.93. The number of ether oxygens (including phenoxy) is 1. The molecule has 0 saturated heterocycles. The molecular weight excluding hydrogens is 1000 g/mol. The van der Waals surface area contributed by atoms with Crippen LogP contribution in [-0.2, 0) is 10.8 Å². The summed E-state index contributed by atoms with van der Waals surface area (Å²) < 4.78 is 81.3. The van der Waals surface area contributed by atoms with Gasteiger partial charge in [0, 0.05) is 32.7 Å². The molecule has 3 heterocycles. The summed E-state index contributed by atoms with van der Waals surface area (Å²) in [5.41, 5.74) is 8.87. The van der Waals surface area contributed by atoms with Crippen molar-refractivity contribution in [1.29, 1.82) is 0 Å². The van der Waals surface area contributed by atoms with Crippen molar-refractivity contribution in [3.8, 4) is 50.9 Å².